The molecule has 144 valence electrons. The molecule has 0 radical (unpaired) electrons. The fraction of sp³-hybridized carbons (Fsp3) is 0.222. The van der Waals surface area contributed by atoms with Gasteiger partial charge in [-0.3, -0.25) is 4.79 Å². The van der Waals surface area contributed by atoms with Crippen molar-refractivity contribution in [3.8, 4) is 11.5 Å². The number of ether oxygens (including phenoxy) is 3. The average Bonchev–Trinajstić information content (AvgIpc) is 2.67. The van der Waals surface area contributed by atoms with Crippen molar-refractivity contribution in [1.82, 2.24) is 0 Å². The molecule has 2 N–H and O–H groups in total. The number of carbonyl (C=O) groups excluding carboxylic acids is 2. The Balaban J connectivity index is 2.17. The second kappa shape index (κ2) is 9.09. The Labute approximate surface area is 160 Å². The molecule has 0 aliphatic rings. The number of esters is 1. The van der Waals surface area contributed by atoms with Gasteiger partial charge in [-0.05, 0) is 18.2 Å². The van der Waals surface area contributed by atoms with Crippen molar-refractivity contribution < 1.29 is 28.2 Å². The molecule has 0 heterocycles. The lowest BCUT2D eigenvalue weighted by molar-refractivity contribution is -0.114. The zero-order valence-electron chi connectivity index (χ0n) is 14.9. The molecule has 0 spiro atoms. The monoisotopic (exact) mass is 396 g/mol. The Morgan fingerprint density at radius 1 is 1.04 bits per heavy atom. The predicted octanol–water partition coefficient (Wildman–Crippen LogP) is 3.33. The van der Waals surface area contributed by atoms with E-state index in [1.807, 2.05) is 0 Å². The summed E-state index contributed by atoms with van der Waals surface area (Å²) in [6.45, 7) is -0.187. The number of halogens is 2. The van der Waals surface area contributed by atoms with Crippen molar-refractivity contribution >= 4 is 34.9 Å². The highest BCUT2D eigenvalue weighted by atomic mass is 35.5. The van der Waals surface area contributed by atoms with Crippen LogP contribution in [-0.2, 0) is 9.53 Å². The van der Waals surface area contributed by atoms with Crippen LogP contribution in [0.3, 0.4) is 0 Å². The predicted molar refractivity (Wildman–Crippen MR) is 99.4 cm³/mol. The van der Waals surface area contributed by atoms with Gasteiger partial charge < -0.3 is 24.8 Å². The number of hydrogen-bond acceptors (Lipinski definition) is 6. The number of benzene rings is 2. The molecule has 0 saturated carbocycles. The Kier molecular flexibility index (Phi) is 6.84. The van der Waals surface area contributed by atoms with Crippen molar-refractivity contribution in [3.63, 3.8) is 0 Å². The summed E-state index contributed by atoms with van der Waals surface area (Å²) in [4.78, 5) is 24.2. The number of hydrogen-bond donors (Lipinski definition) is 2. The molecule has 2 rings (SSSR count). The summed E-state index contributed by atoms with van der Waals surface area (Å²) >= 11 is 5.88. The van der Waals surface area contributed by atoms with Gasteiger partial charge in [0.2, 0.25) is 5.91 Å². The van der Waals surface area contributed by atoms with Gasteiger partial charge >= 0.3 is 5.97 Å². The molecular weight excluding hydrogens is 379 g/mol. The highest BCUT2D eigenvalue weighted by molar-refractivity contribution is 6.33. The Morgan fingerprint density at radius 2 is 1.70 bits per heavy atom. The lowest BCUT2D eigenvalue weighted by atomic mass is 10.1. The molecule has 0 saturated heterocycles. The highest BCUT2D eigenvalue weighted by Crippen LogP contribution is 2.33. The van der Waals surface area contributed by atoms with E-state index < -0.39 is 17.7 Å². The molecule has 0 fully saturated rings. The van der Waals surface area contributed by atoms with E-state index >= 15 is 0 Å². The first-order valence-electron chi connectivity index (χ1n) is 7.72. The van der Waals surface area contributed by atoms with Gasteiger partial charge in [0, 0.05) is 12.1 Å². The summed E-state index contributed by atoms with van der Waals surface area (Å²) in [5.41, 5.74) is 0.757. The van der Waals surface area contributed by atoms with E-state index in [0.29, 0.717) is 17.2 Å². The summed E-state index contributed by atoms with van der Waals surface area (Å²) in [7, 11) is 4.13. The van der Waals surface area contributed by atoms with Gasteiger partial charge in [-0.1, -0.05) is 11.6 Å². The van der Waals surface area contributed by atoms with E-state index in [1.165, 1.54) is 45.6 Å². The molecule has 0 unspecified atom stereocenters. The van der Waals surface area contributed by atoms with Crippen LogP contribution in [0.15, 0.2) is 30.3 Å². The van der Waals surface area contributed by atoms with Crippen molar-refractivity contribution in [2.75, 3.05) is 38.5 Å². The minimum atomic E-state index is -0.611. The topological polar surface area (TPSA) is 85.9 Å². The molecule has 0 aliphatic carbocycles. The lowest BCUT2D eigenvalue weighted by Crippen LogP contribution is -2.23. The molecule has 2 aromatic carbocycles. The summed E-state index contributed by atoms with van der Waals surface area (Å²) in [6.07, 6.45) is 0. The van der Waals surface area contributed by atoms with Crippen LogP contribution >= 0.6 is 11.6 Å². The van der Waals surface area contributed by atoms with Gasteiger partial charge in [0.15, 0.2) is 11.5 Å². The van der Waals surface area contributed by atoms with Gasteiger partial charge in [-0.25, -0.2) is 9.18 Å². The molecule has 0 bridgehead atoms. The molecule has 9 heteroatoms. The number of methoxy groups -OCH3 is 3. The van der Waals surface area contributed by atoms with Crippen LogP contribution in [-0.4, -0.2) is 39.8 Å². The molecule has 0 atom stereocenters. The Hall–Kier alpha value is -3.00. The number of rotatable bonds is 7. The minimum absolute atomic E-state index is 0.0738. The largest absolute Gasteiger partial charge is 0.493 e. The van der Waals surface area contributed by atoms with E-state index in [9.17, 15) is 14.0 Å². The first kappa shape index (κ1) is 20.3. The van der Waals surface area contributed by atoms with Crippen LogP contribution in [0, 0.1) is 5.82 Å². The fourth-order valence-corrected chi connectivity index (χ4v) is 2.48. The zero-order chi connectivity index (χ0) is 20.0. The number of amides is 1. The molecule has 2 aromatic rings. The third kappa shape index (κ3) is 5.01. The lowest BCUT2D eigenvalue weighted by Gasteiger charge is -2.15. The van der Waals surface area contributed by atoms with Crippen LogP contribution in [0.1, 0.15) is 10.4 Å². The maximum absolute atomic E-state index is 13.1. The summed E-state index contributed by atoms with van der Waals surface area (Å²) in [6, 6.07) is 6.59. The van der Waals surface area contributed by atoms with Crippen LogP contribution in [0.5, 0.6) is 11.5 Å². The van der Waals surface area contributed by atoms with E-state index in [-0.39, 0.29) is 22.8 Å². The standard InChI is InChI=1S/C18H18ClFN2O5/c1-25-15-7-11(18(24)27-3)14(8-16(15)26-2)21-9-17(23)22-13-5-4-10(20)6-12(13)19/h4-8,21H,9H2,1-3H3,(H,22,23). The molecule has 0 aliphatic heterocycles. The molecule has 27 heavy (non-hydrogen) atoms. The SMILES string of the molecule is COC(=O)c1cc(OC)c(OC)cc1NCC(=O)Nc1ccc(F)cc1Cl. The Morgan fingerprint density at radius 3 is 2.30 bits per heavy atom. The van der Waals surface area contributed by atoms with Crippen molar-refractivity contribution in [1.29, 1.82) is 0 Å². The van der Waals surface area contributed by atoms with Gasteiger partial charge in [0.25, 0.3) is 0 Å². The second-order valence-corrected chi connectivity index (χ2v) is 5.68. The number of anilines is 2. The van der Waals surface area contributed by atoms with Crippen molar-refractivity contribution in [3.05, 3.63) is 46.7 Å². The van der Waals surface area contributed by atoms with E-state index in [4.69, 9.17) is 25.8 Å². The highest BCUT2D eigenvalue weighted by Gasteiger charge is 2.18. The molecule has 1 amide bonds. The first-order valence-corrected chi connectivity index (χ1v) is 8.10. The van der Waals surface area contributed by atoms with Gasteiger partial charge in [-0.15, -0.1) is 0 Å². The normalized spacial score (nSPS) is 10.1. The van der Waals surface area contributed by atoms with Gasteiger partial charge in [0.05, 0.1) is 49.8 Å². The average molecular weight is 397 g/mol. The molecule has 0 aromatic heterocycles. The van der Waals surface area contributed by atoms with E-state index in [1.54, 1.807) is 0 Å². The Bertz CT molecular complexity index is 860. The third-order valence-electron chi connectivity index (χ3n) is 3.57. The number of carbonyl (C=O) groups is 2. The molecule has 7 nitrogen and oxygen atoms in total. The van der Waals surface area contributed by atoms with E-state index in [0.717, 1.165) is 6.07 Å². The van der Waals surface area contributed by atoms with Crippen molar-refractivity contribution in [2.24, 2.45) is 0 Å². The smallest absolute Gasteiger partial charge is 0.340 e. The van der Waals surface area contributed by atoms with Crippen molar-refractivity contribution in [2.45, 2.75) is 0 Å². The van der Waals surface area contributed by atoms with Crippen LogP contribution in [0.25, 0.3) is 0 Å². The first-order chi connectivity index (χ1) is 12.9. The van der Waals surface area contributed by atoms with Crippen LogP contribution in [0.4, 0.5) is 15.8 Å². The zero-order valence-corrected chi connectivity index (χ0v) is 15.6. The van der Waals surface area contributed by atoms with Crippen LogP contribution < -0.4 is 20.1 Å². The maximum atomic E-state index is 13.1. The maximum Gasteiger partial charge on any atom is 0.340 e. The fourth-order valence-electron chi connectivity index (χ4n) is 2.26. The number of nitrogens with one attached hydrogen (secondary N) is 2. The van der Waals surface area contributed by atoms with E-state index in [2.05, 4.69) is 10.6 Å². The summed E-state index contributed by atoms with van der Waals surface area (Å²) in [5.74, 6) is -0.862. The third-order valence-corrected chi connectivity index (χ3v) is 3.89. The quantitative estimate of drug-likeness (QED) is 0.698. The summed E-state index contributed by atoms with van der Waals surface area (Å²) in [5, 5.41) is 5.46. The second-order valence-electron chi connectivity index (χ2n) is 5.27. The van der Waals surface area contributed by atoms with Gasteiger partial charge in [0.1, 0.15) is 5.82 Å². The minimum Gasteiger partial charge on any atom is -0.493 e. The summed E-state index contributed by atoms with van der Waals surface area (Å²) < 4.78 is 28.2. The molecular formula is C18H18ClFN2O5. The van der Waals surface area contributed by atoms with Gasteiger partial charge in [-0.2, -0.15) is 0 Å². The van der Waals surface area contributed by atoms with Crippen LogP contribution in [0.2, 0.25) is 5.02 Å².